The zero-order valence-electron chi connectivity index (χ0n) is 20.5. The second kappa shape index (κ2) is 9.80. The van der Waals surface area contributed by atoms with Gasteiger partial charge in [0.25, 0.3) is 0 Å². The highest BCUT2D eigenvalue weighted by Gasteiger charge is 2.46. The molecule has 182 valence electrons. The molecule has 2 aromatic carbocycles. The molecule has 1 saturated carbocycles. The molecule has 1 N–H and O–H groups in total. The van der Waals surface area contributed by atoms with Crippen LogP contribution in [-0.2, 0) is 14.3 Å². The van der Waals surface area contributed by atoms with Gasteiger partial charge in [-0.25, -0.2) is 0 Å². The Kier molecular flexibility index (Phi) is 6.59. The number of hydrogen-bond acceptors (Lipinski definition) is 5. The SMILES string of the molecule is CCC1=NC2=C(C(=O)CC(c3ccc(C)cc3)C2)C(c2cccc(O)c2)C1C(=O)OC1CCCC1. The van der Waals surface area contributed by atoms with Gasteiger partial charge in [0.15, 0.2) is 5.78 Å². The summed E-state index contributed by atoms with van der Waals surface area (Å²) in [5, 5.41) is 10.2. The number of ether oxygens (including phenoxy) is 1. The molecule has 1 heterocycles. The van der Waals surface area contributed by atoms with Crippen molar-refractivity contribution >= 4 is 17.5 Å². The summed E-state index contributed by atoms with van der Waals surface area (Å²) in [7, 11) is 0. The van der Waals surface area contributed by atoms with Crippen LogP contribution in [0.4, 0.5) is 0 Å². The van der Waals surface area contributed by atoms with Gasteiger partial charge in [0.05, 0.1) is 0 Å². The van der Waals surface area contributed by atoms with E-state index in [1.54, 1.807) is 18.2 Å². The lowest BCUT2D eigenvalue weighted by atomic mass is 9.68. The van der Waals surface area contributed by atoms with E-state index in [1.165, 1.54) is 5.56 Å². The Bertz CT molecular complexity index is 1190. The molecule has 0 spiro atoms. The zero-order valence-corrected chi connectivity index (χ0v) is 20.5. The van der Waals surface area contributed by atoms with Crippen LogP contribution in [0.1, 0.15) is 80.4 Å². The highest BCUT2D eigenvalue weighted by molar-refractivity contribution is 6.09. The van der Waals surface area contributed by atoms with Gasteiger partial charge < -0.3 is 9.84 Å². The number of rotatable bonds is 5. The van der Waals surface area contributed by atoms with E-state index < -0.39 is 11.8 Å². The Morgan fingerprint density at radius 3 is 2.49 bits per heavy atom. The number of Topliss-reactive ketones (excluding diaryl/α,β-unsaturated/α-hetero) is 1. The number of benzene rings is 2. The summed E-state index contributed by atoms with van der Waals surface area (Å²) in [5.74, 6) is -1.23. The molecule has 1 fully saturated rings. The lowest BCUT2D eigenvalue weighted by Crippen LogP contribution is -2.39. The van der Waals surface area contributed by atoms with Gasteiger partial charge in [0, 0.05) is 29.3 Å². The number of aliphatic imine (C=N–C) groups is 1. The van der Waals surface area contributed by atoms with Crippen LogP contribution in [0, 0.1) is 12.8 Å². The number of allylic oxidation sites excluding steroid dienone is 2. The van der Waals surface area contributed by atoms with Gasteiger partial charge in [-0.3, -0.25) is 14.6 Å². The van der Waals surface area contributed by atoms with Crippen molar-refractivity contribution in [2.45, 2.75) is 76.7 Å². The number of carbonyl (C=O) groups is 2. The summed E-state index contributed by atoms with van der Waals surface area (Å²) in [6.07, 6.45) is 5.50. The molecular weight excluding hydrogens is 438 g/mol. The van der Waals surface area contributed by atoms with E-state index in [4.69, 9.17) is 9.73 Å². The fourth-order valence-electron chi connectivity index (χ4n) is 5.94. The summed E-state index contributed by atoms with van der Waals surface area (Å²) in [4.78, 5) is 32.3. The van der Waals surface area contributed by atoms with Crippen molar-refractivity contribution in [1.29, 1.82) is 0 Å². The number of aromatic hydroxyl groups is 1. The molecule has 0 saturated heterocycles. The van der Waals surface area contributed by atoms with Crippen molar-refractivity contribution in [2.24, 2.45) is 10.9 Å². The van der Waals surface area contributed by atoms with Gasteiger partial charge in [0.2, 0.25) is 0 Å². The van der Waals surface area contributed by atoms with E-state index in [9.17, 15) is 14.7 Å². The molecule has 5 rings (SSSR count). The van der Waals surface area contributed by atoms with Gasteiger partial charge in [-0.15, -0.1) is 0 Å². The lowest BCUT2D eigenvalue weighted by Gasteiger charge is -2.37. The molecule has 0 radical (unpaired) electrons. The number of phenols is 1. The predicted octanol–water partition coefficient (Wildman–Crippen LogP) is 6.15. The van der Waals surface area contributed by atoms with E-state index >= 15 is 0 Å². The normalized spacial score (nSPS) is 24.8. The van der Waals surface area contributed by atoms with E-state index in [2.05, 4.69) is 31.2 Å². The number of carbonyl (C=O) groups excluding carboxylic acids is 2. The summed E-state index contributed by atoms with van der Waals surface area (Å²) in [6.45, 7) is 4.06. The molecule has 3 unspecified atom stereocenters. The second-order valence-corrected chi connectivity index (χ2v) is 10.1. The van der Waals surface area contributed by atoms with Crippen LogP contribution < -0.4 is 0 Å². The van der Waals surface area contributed by atoms with Crippen LogP contribution >= 0.6 is 0 Å². The van der Waals surface area contributed by atoms with Gasteiger partial charge in [-0.05, 0) is 74.6 Å². The lowest BCUT2D eigenvalue weighted by molar-refractivity contribution is -0.151. The van der Waals surface area contributed by atoms with Crippen molar-refractivity contribution in [3.05, 3.63) is 76.5 Å². The number of esters is 1. The standard InChI is InChI=1S/C30H33NO4/c1-3-24-29(30(34)35-23-9-4-5-10-23)27(20-7-6-8-22(32)15-20)28-25(31-24)16-21(17-26(28)33)19-13-11-18(2)12-14-19/h6-8,11-15,21,23,27,29,32H,3-5,9-10,16-17H2,1-2H3. The van der Waals surface area contributed by atoms with Crippen LogP contribution in [0.25, 0.3) is 0 Å². The first-order valence-electron chi connectivity index (χ1n) is 12.8. The first-order chi connectivity index (χ1) is 16.9. The largest absolute Gasteiger partial charge is 0.508 e. The molecule has 1 aliphatic heterocycles. The second-order valence-electron chi connectivity index (χ2n) is 10.1. The van der Waals surface area contributed by atoms with Crippen molar-refractivity contribution in [2.75, 3.05) is 0 Å². The maximum absolute atomic E-state index is 13.7. The maximum atomic E-state index is 13.7. The third kappa shape index (κ3) is 4.69. The highest BCUT2D eigenvalue weighted by atomic mass is 16.5. The molecule has 35 heavy (non-hydrogen) atoms. The minimum absolute atomic E-state index is 0.0303. The van der Waals surface area contributed by atoms with Crippen LogP contribution in [0.3, 0.4) is 0 Å². The number of hydrogen-bond donors (Lipinski definition) is 1. The molecule has 2 aromatic rings. The molecule has 5 nitrogen and oxygen atoms in total. The van der Waals surface area contributed by atoms with Crippen LogP contribution in [0.2, 0.25) is 0 Å². The third-order valence-electron chi connectivity index (χ3n) is 7.74. The van der Waals surface area contributed by atoms with Crippen LogP contribution in [0.15, 0.2) is 64.8 Å². The minimum Gasteiger partial charge on any atom is -0.508 e. The average Bonchev–Trinajstić information content (AvgIpc) is 3.36. The first-order valence-corrected chi connectivity index (χ1v) is 12.8. The van der Waals surface area contributed by atoms with Crippen molar-refractivity contribution < 1.29 is 19.4 Å². The Morgan fingerprint density at radius 2 is 1.80 bits per heavy atom. The van der Waals surface area contributed by atoms with E-state index in [0.717, 1.165) is 48.2 Å². The van der Waals surface area contributed by atoms with E-state index in [1.807, 2.05) is 13.0 Å². The number of ketones is 1. The molecule has 2 aliphatic carbocycles. The van der Waals surface area contributed by atoms with Gasteiger partial charge in [-0.2, -0.15) is 0 Å². The quantitative estimate of drug-likeness (QED) is 0.531. The zero-order chi connectivity index (χ0) is 24.5. The maximum Gasteiger partial charge on any atom is 0.315 e. The number of phenolic OH excluding ortho intramolecular Hbond substituents is 1. The Hall–Kier alpha value is -3.21. The predicted molar refractivity (Wildman–Crippen MR) is 136 cm³/mol. The Morgan fingerprint density at radius 1 is 1.06 bits per heavy atom. The smallest absolute Gasteiger partial charge is 0.315 e. The van der Waals surface area contributed by atoms with Crippen molar-refractivity contribution in [3.8, 4) is 5.75 Å². The third-order valence-corrected chi connectivity index (χ3v) is 7.74. The average molecular weight is 472 g/mol. The van der Waals surface area contributed by atoms with Gasteiger partial charge >= 0.3 is 5.97 Å². The van der Waals surface area contributed by atoms with Crippen molar-refractivity contribution in [1.82, 2.24) is 0 Å². The van der Waals surface area contributed by atoms with E-state index in [0.29, 0.717) is 24.8 Å². The Labute approximate surface area is 206 Å². The fraction of sp³-hybridized carbons (Fsp3) is 0.433. The Balaban J connectivity index is 1.57. The number of aryl methyl sites for hydroxylation is 1. The highest BCUT2D eigenvalue weighted by Crippen LogP contribution is 2.47. The van der Waals surface area contributed by atoms with Crippen LogP contribution in [0.5, 0.6) is 5.75 Å². The van der Waals surface area contributed by atoms with Crippen LogP contribution in [-0.4, -0.2) is 28.7 Å². The topological polar surface area (TPSA) is 76.0 Å². The van der Waals surface area contributed by atoms with Gasteiger partial charge in [0.1, 0.15) is 17.8 Å². The first kappa shape index (κ1) is 23.5. The molecule has 3 aliphatic rings. The molecule has 0 amide bonds. The monoisotopic (exact) mass is 471 g/mol. The van der Waals surface area contributed by atoms with E-state index in [-0.39, 0.29) is 29.5 Å². The molecule has 0 aromatic heterocycles. The molecule has 3 atom stereocenters. The summed E-state index contributed by atoms with van der Waals surface area (Å²) >= 11 is 0. The summed E-state index contributed by atoms with van der Waals surface area (Å²) < 4.78 is 5.97. The molecular formula is C30H33NO4. The summed E-state index contributed by atoms with van der Waals surface area (Å²) in [5.41, 5.74) is 5.24. The van der Waals surface area contributed by atoms with Crippen molar-refractivity contribution in [3.63, 3.8) is 0 Å². The molecule has 5 heteroatoms. The minimum atomic E-state index is -0.652. The molecule has 0 bridgehead atoms. The fourth-order valence-corrected chi connectivity index (χ4v) is 5.94. The van der Waals surface area contributed by atoms with Gasteiger partial charge in [-0.1, -0.05) is 48.9 Å². The number of nitrogens with zero attached hydrogens (tertiary/aromatic N) is 1. The summed E-state index contributed by atoms with van der Waals surface area (Å²) in [6, 6.07) is 15.3.